The molecule has 0 unspecified atom stereocenters. The first-order valence-corrected chi connectivity index (χ1v) is 5.05. The molecule has 1 aliphatic rings. The molecular formula is C13H17N. The summed E-state index contributed by atoms with van der Waals surface area (Å²) in [5.74, 6) is 0. The zero-order valence-electron chi connectivity index (χ0n) is 9.15. The highest BCUT2D eigenvalue weighted by atomic mass is 14.9. The normalized spacial score (nSPS) is 15.2. The van der Waals surface area contributed by atoms with Crippen LogP contribution in [-0.4, -0.2) is 0 Å². The Morgan fingerprint density at radius 2 is 2.00 bits per heavy atom. The fraction of sp³-hybridized carbons (Fsp3) is 0.385. The molecule has 1 aromatic carbocycles. The average molecular weight is 187 g/mol. The average Bonchev–Trinajstić information content (AvgIpc) is 2.41. The number of anilines is 1. The van der Waals surface area contributed by atoms with Gasteiger partial charge in [0.1, 0.15) is 0 Å². The highest BCUT2D eigenvalue weighted by molar-refractivity contribution is 5.67. The van der Waals surface area contributed by atoms with Crippen molar-refractivity contribution < 1.29 is 0 Å². The Morgan fingerprint density at radius 3 is 2.64 bits per heavy atom. The minimum absolute atomic E-state index is 0.197. The number of fused-ring (bicyclic) bond motifs is 1. The number of rotatable bonds is 0. The first-order valence-electron chi connectivity index (χ1n) is 5.05. The molecule has 0 bridgehead atoms. The summed E-state index contributed by atoms with van der Waals surface area (Å²) in [7, 11) is 0. The summed E-state index contributed by atoms with van der Waals surface area (Å²) in [6, 6.07) is 6.51. The van der Waals surface area contributed by atoms with Crippen LogP contribution in [0.1, 0.15) is 31.9 Å². The van der Waals surface area contributed by atoms with Crippen molar-refractivity contribution >= 4 is 5.69 Å². The summed E-state index contributed by atoms with van der Waals surface area (Å²) >= 11 is 0. The first kappa shape index (κ1) is 9.32. The van der Waals surface area contributed by atoms with Crippen LogP contribution in [0.15, 0.2) is 30.5 Å². The van der Waals surface area contributed by atoms with Gasteiger partial charge in [0.2, 0.25) is 0 Å². The van der Waals surface area contributed by atoms with Gasteiger partial charge >= 0.3 is 0 Å². The van der Waals surface area contributed by atoms with Gasteiger partial charge in [0.05, 0.1) is 0 Å². The molecule has 1 N–H and O–H groups in total. The van der Waals surface area contributed by atoms with Crippen LogP contribution in [0.5, 0.6) is 0 Å². The van der Waals surface area contributed by atoms with Gasteiger partial charge in [0.25, 0.3) is 0 Å². The monoisotopic (exact) mass is 187 g/mol. The Hall–Kier alpha value is -1.24. The van der Waals surface area contributed by atoms with Crippen molar-refractivity contribution in [1.29, 1.82) is 0 Å². The largest absolute Gasteiger partial charge is 0.359 e. The van der Waals surface area contributed by atoms with E-state index in [0.717, 1.165) is 12.1 Å². The van der Waals surface area contributed by atoms with Gasteiger partial charge in [-0.05, 0) is 16.5 Å². The highest BCUT2D eigenvalue weighted by Gasteiger charge is 2.23. The van der Waals surface area contributed by atoms with Crippen LogP contribution in [0.2, 0.25) is 0 Å². The van der Waals surface area contributed by atoms with E-state index in [0.29, 0.717) is 0 Å². The van der Waals surface area contributed by atoms with E-state index >= 15 is 0 Å². The Bertz CT molecular complexity index is 383. The molecule has 0 saturated heterocycles. The van der Waals surface area contributed by atoms with Crippen LogP contribution >= 0.6 is 0 Å². The van der Waals surface area contributed by atoms with Crippen molar-refractivity contribution in [2.45, 2.75) is 32.6 Å². The predicted molar refractivity (Wildman–Crippen MR) is 61.6 cm³/mol. The molecule has 0 radical (unpaired) electrons. The summed E-state index contributed by atoms with van der Waals surface area (Å²) in [6.07, 6.45) is 0.971. The summed E-state index contributed by atoms with van der Waals surface area (Å²) in [6.45, 7) is 10.7. The molecule has 1 aromatic rings. The number of para-hydroxylation sites is 1. The van der Waals surface area contributed by atoms with Crippen LogP contribution in [-0.2, 0) is 11.8 Å². The highest BCUT2D eigenvalue weighted by Crippen LogP contribution is 2.37. The minimum Gasteiger partial charge on any atom is -0.359 e. The van der Waals surface area contributed by atoms with Crippen LogP contribution < -0.4 is 5.32 Å². The van der Waals surface area contributed by atoms with Gasteiger partial charge in [-0.25, -0.2) is 0 Å². The van der Waals surface area contributed by atoms with Crippen LogP contribution in [0, 0.1) is 0 Å². The van der Waals surface area contributed by atoms with Gasteiger partial charge in [0, 0.05) is 17.8 Å². The number of hydrogen-bond acceptors (Lipinski definition) is 1. The summed E-state index contributed by atoms with van der Waals surface area (Å²) in [5.41, 5.74) is 5.35. The molecule has 1 nitrogen and oxygen atoms in total. The van der Waals surface area contributed by atoms with Crippen molar-refractivity contribution in [3.05, 3.63) is 41.6 Å². The third-order valence-electron chi connectivity index (χ3n) is 2.66. The lowest BCUT2D eigenvalue weighted by molar-refractivity contribution is 0.592. The lowest BCUT2D eigenvalue weighted by Gasteiger charge is -2.22. The van der Waals surface area contributed by atoms with E-state index in [9.17, 15) is 0 Å². The fourth-order valence-corrected chi connectivity index (χ4v) is 1.97. The van der Waals surface area contributed by atoms with Gasteiger partial charge in [-0.15, -0.1) is 0 Å². The minimum atomic E-state index is 0.197. The predicted octanol–water partition coefficient (Wildman–Crippen LogP) is 3.47. The molecule has 0 aliphatic carbocycles. The molecular weight excluding hydrogens is 170 g/mol. The zero-order chi connectivity index (χ0) is 10.3. The van der Waals surface area contributed by atoms with Gasteiger partial charge in [-0.3, -0.25) is 0 Å². The van der Waals surface area contributed by atoms with E-state index in [1.165, 1.54) is 16.8 Å². The van der Waals surface area contributed by atoms with Gasteiger partial charge in [-0.1, -0.05) is 45.5 Å². The maximum absolute atomic E-state index is 3.98. The maximum Gasteiger partial charge on any atom is 0.0456 e. The Balaban J connectivity index is 2.55. The molecule has 0 saturated carbocycles. The zero-order valence-corrected chi connectivity index (χ0v) is 9.15. The second-order valence-corrected chi connectivity index (χ2v) is 5.00. The summed E-state index contributed by atoms with van der Waals surface area (Å²) in [5, 5.41) is 3.38. The van der Waals surface area contributed by atoms with E-state index < -0.39 is 0 Å². The Morgan fingerprint density at radius 1 is 1.29 bits per heavy atom. The molecule has 0 atom stereocenters. The van der Waals surface area contributed by atoms with E-state index in [2.05, 4.69) is 50.9 Å². The second kappa shape index (κ2) is 2.88. The number of nitrogens with one attached hydrogen (secondary N) is 1. The Kier molecular flexibility index (Phi) is 1.91. The molecule has 0 aromatic heterocycles. The molecule has 0 spiro atoms. The van der Waals surface area contributed by atoms with Gasteiger partial charge < -0.3 is 5.32 Å². The quantitative estimate of drug-likeness (QED) is 0.655. The molecule has 1 heteroatoms. The standard InChI is InChI=1S/C13H17N/c1-9-8-10-6-5-7-11(12(10)14-9)13(2,3)4/h5-7,14H,1,8H2,2-4H3. The van der Waals surface area contributed by atoms with E-state index in [-0.39, 0.29) is 5.41 Å². The van der Waals surface area contributed by atoms with E-state index in [1.54, 1.807) is 0 Å². The molecule has 2 rings (SSSR count). The second-order valence-electron chi connectivity index (χ2n) is 5.00. The molecule has 0 fully saturated rings. The SMILES string of the molecule is C=C1Cc2cccc(C(C)(C)C)c2N1. The van der Waals surface area contributed by atoms with Crippen molar-refractivity contribution in [3.8, 4) is 0 Å². The number of hydrogen-bond donors (Lipinski definition) is 1. The van der Waals surface area contributed by atoms with Crippen LogP contribution in [0.4, 0.5) is 5.69 Å². The van der Waals surface area contributed by atoms with Crippen molar-refractivity contribution in [2.75, 3.05) is 5.32 Å². The van der Waals surface area contributed by atoms with Crippen LogP contribution in [0.3, 0.4) is 0 Å². The molecule has 74 valence electrons. The lowest BCUT2D eigenvalue weighted by Crippen LogP contribution is -2.13. The topological polar surface area (TPSA) is 12.0 Å². The van der Waals surface area contributed by atoms with Gasteiger partial charge in [0.15, 0.2) is 0 Å². The first-order chi connectivity index (χ1) is 6.48. The fourth-order valence-electron chi connectivity index (χ4n) is 1.97. The van der Waals surface area contributed by atoms with Crippen molar-refractivity contribution in [3.63, 3.8) is 0 Å². The maximum atomic E-state index is 3.98. The molecule has 1 heterocycles. The number of allylic oxidation sites excluding steroid dienone is 1. The van der Waals surface area contributed by atoms with Crippen LogP contribution in [0.25, 0.3) is 0 Å². The summed E-state index contributed by atoms with van der Waals surface area (Å²) < 4.78 is 0. The smallest absolute Gasteiger partial charge is 0.0456 e. The molecule has 1 aliphatic heterocycles. The molecule has 14 heavy (non-hydrogen) atoms. The van der Waals surface area contributed by atoms with Gasteiger partial charge in [-0.2, -0.15) is 0 Å². The third kappa shape index (κ3) is 1.43. The van der Waals surface area contributed by atoms with E-state index in [4.69, 9.17) is 0 Å². The van der Waals surface area contributed by atoms with Crippen molar-refractivity contribution in [2.24, 2.45) is 0 Å². The number of benzene rings is 1. The Labute approximate surface area is 85.8 Å². The van der Waals surface area contributed by atoms with Crippen molar-refractivity contribution in [1.82, 2.24) is 0 Å². The third-order valence-corrected chi connectivity index (χ3v) is 2.66. The van der Waals surface area contributed by atoms with E-state index in [1.807, 2.05) is 0 Å². The molecule has 0 amide bonds. The lowest BCUT2D eigenvalue weighted by atomic mass is 9.85. The summed E-state index contributed by atoms with van der Waals surface area (Å²) in [4.78, 5) is 0.